The highest BCUT2D eigenvalue weighted by atomic mass is 32.2. The van der Waals surface area contributed by atoms with Gasteiger partial charge in [-0.15, -0.1) is 0 Å². The summed E-state index contributed by atoms with van der Waals surface area (Å²) in [5.41, 5.74) is 0.0604. The number of hydrogen-bond donors (Lipinski definition) is 1. The summed E-state index contributed by atoms with van der Waals surface area (Å²) in [6.45, 7) is 1.56. The summed E-state index contributed by atoms with van der Waals surface area (Å²) in [4.78, 5) is 12.1. The second-order valence-corrected chi connectivity index (χ2v) is 10.2. The Morgan fingerprint density at radius 2 is 1.69 bits per heavy atom. The van der Waals surface area contributed by atoms with E-state index in [4.69, 9.17) is 4.42 Å². The van der Waals surface area contributed by atoms with Crippen molar-refractivity contribution < 1.29 is 21.3 Å². The monoisotopic (exact) mass is 437 g/mol. The average Bonchev–Trinajstić information content (AvgIpc) is 3.21. The highest BCUT2D eigenvalue weighted by Gasteiger charge is 2.18. The lowest BCUT2D eigenvalue weighted by molar-refractivity contribution is 0.456. The van der Waals surface area contributed by atoms with Gasteiger partial charge in [-0.1, -0.05) is 0 Å². The van der Waals surface area contributed by atoms with Gasteiger partial charge in [-0.2, -0.15) is 5.10 Å². The smallest absolute Gasteiger partial charge is 0.267 e. The van der Waals surface area contributed by atoms with Gasteiger partial charge in [0.1, 0.15) is 5.69 Å². The molecule has 0 aliphatic carbocycles. The molecule has 0 saturated heterocycles. The van der Waals surface area contributed by atoms with Crippen molar-refractivity contribution >= 4 is 19.9 Å². The Morgan fingerprint density at radius 1 is 1.03 bits per heavy atom. The van der Waals surface area contributed by atoms with E-state index >= 15 is 0 Å². The number of aromatic nitrogens is 2. The summed E-state index contributed by atoms with van der Waals surface area (Å²) in [6.07, 6.45) is 2.52. The topological polar surface area (TPSA) is 128 Å². The number of nitrogens with zero attached hydrogens (tertiary/aromatic N) is 2. The molecule has 2 heterocycles. The molecule has 0 saturated carbocycles. The molecule has 2 aromatic heterocycles. The molecule has 3 aromatic rings. The van der Waals surface area contributed by atoms with E-state index in [9.17, 15) is 21.6 Å². The molecule has 1 N–H and O–H groups in total. The van der Waals surface area contributed by atoms with Gasteiger partial charge in [0.2, 0.25) is 10.0 Å². The van der Waals surface area contributed by atoms with Crippen LogP contribution in [0.5, 0.6) is 0 Å². The fourth-order valence-corrected chi connectivity index (χ4v) is 4.32. The molecule has 29 heavy (non-hydrogen) atoms. The third-order valence-corrected chi connectivity index (χ3v) is 6.72. The van der Waals surface area contributed by atoms with Crippen LogP contribution >= 0.6 is 0 Å². The average molecular weight is 437 g/mol. The van der Waals surface area contributed by atoms with Gasteiger partial charge in [0.15, 0.2) is 15.6 Å². The first-order valence-electron chi connectivity index (χ1n) is 8.51. The van der Waals surface area contributed by atoms with Crippen LogP contribution in [0.1, 0.15) is 13.0 Å². The summed E-state index contributed by atoms with van der Waals surface area (Å²) >= 11 is 0. The van der Waals surface area contributed by atoms with Gasteiger partial charge in [-0.25, -0.2) is 26.2 Å². The van der Waals surface area contributed by atoms with Crippen LogP contribution in [-0.4, -0.2) is 39.4 Å². The van der Waals surface area contributed by atoms with Gasteiger partial charge in [0.25, 0.3) is 5.56 Å². The van der Waals surface area contributed by atoms with Crippen LogP contribution in [0.25, 0.3) is 11.5 Å². The number of nitrogens with one attached hydrogen (secondary N) is 1. The number of sulfonamides is 1. The number of hydrogen-bond acceptors (Lipinski definition) is 7. The molecule has 0 spiro atoms. The molecule has 0 radical (unpaired) electrons. The van der Waals surface area contributed by atoms with Crippen molar-refractivity contribution in [3.63, 3.8) is 0 Å². The molecule has 3 rings (SSSR count). The van der Waals surface area contributed by atoms with Crippen LogP contribution in [0.4, 0.5) is 0 Å². The van der Waals surface area contributed by atoms with Crippen LogP contribution in [0.3, 0.4) is 0 Å². The van der Waals surface area contributed by atoms with E-state index in [1.165, 1.54) is 47.3 Å². The second kappa shape index (κ2) is 7.93. The van der Waals surface area contributed by atoms with Crippen molar-refractivity contribution in [3.8, 4) is 11.5 Å². The first kappa shape index (κ1) is 21.0. The van der Waals surface area contributed by atoms with Gasteiger partial charge in [0, 0.05) is 18.9 Å². The molecule has 1 aromatic carbocycles. The van der Waals surface area contributed by atoms with E-state index < -0.39 is 25.9 Å². The van der Waals surface area contributed by atoms with E-state index in [1.54, 1.807) is 19.1 Å². The van der Waals surface area contributed by atoms with Crippen LogP contribution in [0.15, 0.2) is 73.8 Å². The molecule has 1 atom stereocenters. The molecule has 11 heteroatoms. The minimum Gasteiger partial charge on any atom is -0.463 e. The summed E-state index contributed by atoms with van der Waals surface area (Å²) in [5.74, 6) is 0.484. The molecular formula is C18H19N3O6S2. The maximum atomic E-state index is 12.5. The Balaban J connectivity index is 1.77. The van der Waals surface area contributed by atoms with E-state index in [1.807, 2.05) is 0 Å². The minimum atomic E-state index is -3.90. The van der Waals surface area contributed by atoms with E-state index in [2.05, 4.69) is 9.82 Å². The summed E-state index contributed by atoms with van der Waals surface area (Å²) in [5, 5.41) is 4.24. The zero-order valence-electron chi connectivity index (χ0n) is 15.6. The molecule has 0 bridgehead atoms. The van der Waals surface area contributed by atoms with Crippen molar-refractivity contribution in [3.05, 3.63) is 65.1 Å². The molecule has 0 amide bonds. The first-order chi connectivity index (χ1) is 13.6. The minimum absolute atomic E-state index is 0.0234. The number of furan rings is 1. The van der Waals surface area contributed by atoms with E-state index in [-0.39, 0.29) is 21.9 Å². The lowest BCUT2D eigenvalue weighted by atomic mass is 10.3. The molecule has 1 unspecified atom stereocenters. The SMILES string of the molecule is CC(CNS(=O)(=O)c1ccc(S(C)(=O)=O)cc1)n1nc(-c2ccco2)ccc1=O. The van der Waals surface area contributed by atoms with Crippen LogP contribution < -0.4 is 10.3 Å². The van der Waals surface area contributed by atoms with Crippen LogP contribution in [0.2, 0.25) is 0 Å². The maximum absolute atomic E-state index is 12.5. The number of benzene rings is 1. The highest BCUT2D eigenvalue weighted by molar-refractivity contribution is 7.90. The quantitative estimate of drug-likeness (QED) is 0.592. The Morgan fingerprint density at radius 3 is 2.28 bits per heavy atom. The molecule has 9 nitrogen and oxygen atoms in total. The first-order valence-corrected chi connectivity index (χ1v) is 11.9. The van der Waals surface area contributed by atoms with Crippen molar-refractivity contribution in [1.82, 2.24) is 14.5 Å². The van der Waals surface area contributed by atoms with Crippen molar-refractivity contribution in [1.29, 1.82) is 0 Å². The Labute approximate surface area is 168 Å². The summed E-state index contributed by atoms with van der Waals surface area (Å²) in [6, 6.07) is 10.6. The van der Waals surface area contributed by atoms with Crippen molar-refractivity contribution in [2.45, 2.75) is 22.8 Å². The van der Waals surface area contributed by atoms with E-state index in [0.717, 1.165) is 6.26 Å². The number of rotatable bonds is 7. The largest absolute Gasteiger partial charge is 0.463 e. The third-order valence-electron chi connectivity index (χ3n) is 4.15. The predicted octanol–water partition coefficient (Wildman–Crippen LogP) is 1.45. The standard InChI is InChI=1S/C18H19N3O6S2/c1-13(21-18(22)10-9-16(20-21)17-4-3-11-27-17)12-19-29(25,26)15-7-5-14(6-8-15)28(2,23)24/h3-11,13,19H,12H2,1-2H3. The molecule has 0 fully saturated rings. The second-order valence-electron chi connectivity index (χ2n) is 6.42. The van der Waals surface area contributed by atoms with Crippen molar-refractivity contribution in [2.75, 3.05) is 12.8 Å². The molecule has 0 aliphatic rings. The van der Waals surface area contributed by atoms with Gasteiger partial charge in [-0.05, 0) is 49.4 Å². The Hall–Kier alpha value is -2.76. The van der Waals surface area contributed by atoms with Gasteiger partial charge in [-0.3, -0.25) is 4.79 Å². The molecule has 0 aliphatic heterocycles. The van der Waals surface area contributed by atoms with Crippen LogP contribution in [-0.2, 0) is 19.9 Å². The third kappa shape index (κ3) is 4.81. The lowest BCUT2D eigenvalue weighted by Gasteiger charge is -2.15. The van der Waals surface area contributed by atoms with Crippen LogP contribution in [0, 0.1) is 0 Å². The maximum Gasteiger partial charge on any atom is 0.267 e. The fourth-order valence-electron chi connectivity index (χ4n) is 2.56. The zero-order chi connectivity index (χ0) is 21.2. The zero-order valence-corrected chi connectivity index (χ0v) is 17.3. The van der Waals surface area contributed by atoms with E-state index in [0.29, 0.717) is 11.5 Å². The number of sulfone groups is 1. The Bertz CT molecular complexity index is 1260. The van der Waals surface area contributed by atoms with Gasteiger partial charge in [0.05, 0.1) is 22.1 Å². The predicted molar refractivity (Wildman–Crippen MR) is 106 cm³/mol. The van der Waals surface area contributed by atoms with Crippen molar-refractivity contribution in [2.24, 2.45) is 0 Å². The normalized spacial score (nSPS) is 13.3. The van der Waals surface area contributed by atoms with Gasteiger partial charge < -0.3 is 4.42 Å². The molecular weight excluding hydrogens is 418 g/mol. The Kier molecular flexibility index (Phi) is 5.73. The summed E-state index contributed by atoms with van der Waals surface area (Å²) in [7, 11) is -7.32. The van der Waals surface area contributed by atoms with Gasteiger partial charge >= 0.3 is 0 Å². The highest BCUT2D eigenvalue weighted by Crippen LogP contribution is 2.17. The fraction of sp³-hybridized carbons (Fsp3) is 0.222. The summed E-state index contributed by atoms with van der Waals surface area (Å²) < 4.78 is 56.8. The lowest BCUT2D eigenvalue weighted by Crippen LogP contribution is -2.34. The molecule has 154 valence electrons.